The number of nitrogens with zero attached hydrogens (tertiary/aromatic N) is 3. The second-order valence-corrected chi connectivity index (χ2v) is 10.8. The first kappa shape index (κ1) is 21.9. The average Bonchev–Trinajstić information content (AvgIpc) is 2.58. The number of hydrogen-bond donors (Lipinski definition) is 0. The highest BCUT2D eigenvalue weighted by atomic mass is 32.2. The molecule has 0 aromatic heterocycles. The number of carbonyl (C=O) groups is 2. The molecule has 9 heteroatoms. The topological polar surface area (TPSA) is 87.2 Å². The van der Waals surface area contributed by atoms with Crippen LogP contribution in [0.5, 0.6) is 0 Å². The Bertz CT molecular complexity index is 628. The van der Waals surface area contributed by atoms with Gasteiger partial charge in [-0.25, -0.2) is 13.2 Å². The number of hydrogen-bond acceptors (Lipinski definition) is 6. The van der Waals surface area contributed by atoms with Crippen molar-refractivity contribution in [3.63, 3.8) is 0 Å². The minimum atomic E-state index is -2.96. The Hall–Kier alpha value is -1.35. The molecule has 0 spiro atoms. The van der Waals surface area contributed by atoms with Crippen LogP contribution in [0.25, 0.3) is 0 Å². The van der Waals surface area contributed by atoms with E-state index in [0.717, 1.165) is 0 Å². The number of amides is 2. The Balaban J connectivity index is 1.74. The highest BCUT2D eigenvalue weighted by molar-refractivity contribution is 7.90. The number of carbonyl (C=O) groups excluding carboxylic acids is 2. The molecule has 27 heavy (non-hydrogen) atoms. The smallest absolute Gasteiger partial charge is 0.410 e. The minimum Gasteiger partial charge on any atom is -0.444 e. The molecule has 8 nitrogen and oxygen atoms in total. The van der Waals surface area contributed by atoms with E-state index in [2.05, 4.69) is 4.90 Å². The standard InChI is InChI=1S/C18H33N3O5S/c1-18(2,3)26-17(23)21-7-5-15(6-8-21)16(22)20-11-9-19(10-12-20)13-14-27(4,24)25/h15H,5-14H2,1-4H3. The number of sulfone groups is 1. The van der Waals surface area contributed by atoms with Gasteiger partial charge in [0.25, 0.3) is 0 Å². The van der Waals surface area contributed by atoms with Crippen LogP contribution in [0.4, 0.5) is 4.79 Å². The van der Waals surface area contributed by atoms with E-state index in [1.807, 2.05) is 25.7 Å². The molecule has 2 rings (SSSR count). The molecule has 0 aliphatic carbocycles. The van der Waals surface area contributed by atoms with Gasteiger partial charge < -0.3 is 14.5 Å². The third kappa shape index (κ3) is 7.29. The molecule has 2 heterocycles. The third-order valence-corrected chi connectivity index (χ3v) is 5.88. The predicted molar refractivity (Wildman–Crippen MR) is 103 cm³/mol. The van der Waals surface area contributed by atoms with Crippen LogP contribution in [-0.2, 0) is 19.4 Å². The van der Waals surface area contributed by atoms with E-state index in [-0.39, 0.29) is 23.7 Å². The fourth-order valence-electron chi connectivity index (χ4n) is 3.38. The maximum atomic E-state index is 12.8. The van der Waals surface area contributed by atoms with Gasteiger partial charge in [0.2, 0.25) is 5.91 Å². The van der Waals surface area contributed by atoms with Crippen molar-refractivity contribution in [2.45, 2.75) is 39.2 Å². The van der Waals surface area contributed by atoms with Gasteiger partial charge in [-0.3, -0.25) is 9.69 Å². The Labute approximate surface area is 162 Å². The fraction of sp³-hybridized carbons (Fsp3) is 0.889. The first-order chi connectivity index (χ1) is 12.4. The number of ether oxygens (including phenoxy) is 1. The Morgan fingerprint density at radius 1 is 0.963 bits per heavy atom. The van der Waals surface area contributed by atoms with Crippen molar-refractivity contribution in [1.29, 1.82) is 0 Å². The van der Waals surface area contributed by atoms with Crippen LogP contribution in [-0.4, -0.2) is 98.5 Å². The molecule has 0 aromatic carbocycles. The number of rotatable bonds is 4. The zero-order chi connectivity index (χ0) is 20.2. The lowest BCUT2D eigenvalue weighted by molar-refractivity contribution is -0.138. The number of piperazine rings is 1. The van der Waals surface area contributed by atoms with E-state index in [1.165, 1.54) is 6.26 Å². The zero-order valence-corrected chi connectivity index (χ0v) is 17.8. The van der Waals surface area contributed by atoms with Crippen LogP contribution < -0.4 is 0 Å². The average molecular weight is 404 g/mol. The lowest BCUT2D eigenvalue weighted by Gasteiger charge is -2.38. The van der Waals surface area contributed by atoms with Gasteiger partial charge in [0.1, 0.15) is 15.4 Å². The summed E-state index contributed by atoms with van der Waals surface area (Å²) in [5, 5.41) is 0. The summed E-state index contributed by atoms with van der Waals surface area (Å²) in [5.74, 6) is 0.261. The van der Waals surface area contributed by atoms with Crippen molar-refractivity contribution in [1.82, 2.24) is 14.7 Å². The number of piperidine rings is 1. The van der Waals surface area contributed by atoms with Gasteiger partial charge in [-0.15, -0.1) is 0 Å². The lowest BCUT2D eigenvalue weighted by Crippen LogP contribution is -2.52. The van der Waals surface area contributed by atoms with Gasteiger partial charge in [-0.05, 0) is 33.6 Å². The van der Waals surface area contributed by atoms with Crippen LogP contribution in [0.15, 0.2) is 0 Å². The van der Waals surface area contributed by atoms with Gasteiger partial charge in [-0.1, -0.05) is 0 Å². The van der Waals surface area contributed by atoms with Gasteiger partial charge in [0.05, 0.1) is 5.75 Å². The van der Waals surface area contributed by atoms with Crippen LogP contribution in [0, 0.1) is 5.92 Å². The van der Waals surface area contributed by atoms with Crippen molar-refractivity contribution in [3.05, 3.63) is 0 Å². The van der Waals surface area contributed by atoms with Gasteiger partial charge in [-0.2, -0.15) is 0 Å². The molecule has 2 saturated heterocycles. The summed E-state index contributed by atoms with van der Waals surface area (Å²) in [5.41, 5.74) is -0.513. The van der Waals surface area contributed by atoms with Crippen molar-refractivity contribution in [2.24, 2.45) is 5.92 Å². The minimum absolute atomic E-state index is 0.0498. The van der Waals surface area contributed by atoms with E-state index in [0.29, 0.717) is 58.7 Å². The largest absolute Gasteiger partial charge is 0.444 e. The predicted octanol–water partition coefficient (Wildman–Crippen LogP) is 0.822. The van der Waals surface area contributed by atoms with Crippen LogP contribution in [0.2, 0.25) is 0 Å². The monoisotopic (exact) mass is 403 g/mol. The third-order valence-electron chi connectivity index (χ3n) is 4.96. The molecule has 2 amide bonds. The maximum Gasteiger partial charge on any atom is 0.410 e. The van der Waals surface area contributed by atoms with E-state index >= 15 is 0 Å². The summed E-state index contributed by atoms with van der Waals surface area (Å²) < 4.78 is 27.9. The lowest BCUT2D eigenvalue weighted by atomic mass is 9.95. The second-order valence-electron chi connectivity index (χ2n) is 8.54. The Morgan fingerprint density at radius 3 is 2.00 bits per heavy atom. The van der Waals surface area contributed by atoms with Crippen LogP contribution in [0.3, 0.4) is 0 Å². The summed E-state index contributed by atoms with van der Waals surface area (Å²) in [6.07, 6.45) is 2.25. The summed E-state index contributed by atoms with van der Waals surface area (Å²) in [6, 6.07) is 0. The van der Waals surface area contributed by atoms with Crippen molar-refractivity contribution in [3.8, 4) is 0 Å². The van der Waals surface area contributed by atoms with Crippen LogP contribution >= 0.6 is 0 Å². The molecule has 2 aliphatic rings. The SMILES string of the molecule is CC(C)(C)OC(=O)N1CCC(C(=O)N2CCN(CCS(C)(=O)=O)CC2)CC1. The van der Waals surface area contributed by atoms with Crippen molar-refractivity contribution < 1.29 is 22.7 Å². The van der Waals surface area contributed by atoms with Crippen molar-refractivity contribution >= 4 is 21.8 Å². The molecule has 156 valence electrons. The van der Waals surface area contributed by atoms with E-state index < -0.39 is 15.4 Å². The second kappa shape index (κ2) is 8.77. The molecule has 2 fully saturated rings. The summed E-state index contributed by atoms with van der Waals surface area (Å²) in [7, 11) is -2.96. The van der Waals surface area contributed by atoms with Gasteiger partial charge in [0, 0.05) is 58.0 Å². The normalized spacial score (nSPS) is 20.6. The zero-order valence-electron chi connectivity index (χ0n) is 16.9. The molecular formula is C18H33N3O5S. The summed E-state index contributed by atoms with van der Waals surface area (Å²) in [4.78, 5) is 30.5. The molecule has 0 aromatic rings. The molecule has 0 N–H and O–H groups in total. The molecule has 2 aliphatic heterocycles. The Morgan fingerprint density at radius 2 is 1.52 bits per heavy atom. The molecule has 0 atom stereocenters. The van der Waals surface area contributed by atoms with E-state index in [9.17, 15) is 18.0 Å². The molecule has 0 radical (unpaired) electrons. The summed E-state index contributed by atoms with van der Waals surface area (Å²) in [6.45, 7) is 9.82. The highest BCUT2D eigenvalue weighted by Crippen LogP contribution is 2.22. The molecule has 0 unspecified atom stereocenters. The molecule has 0 bridgehead atoms. The van der Waals surface area contributed by atoms with Crippen molar-refractivity contribution in [2.75, 3.05) is 57.8 Å². The molecule has 0 saturated carbocycles. The van der Waals surface area contributed by atoms with Gasteiger partial charge in [0.15, 0.2) is 0 Å². The Kier molecular flexibility index (Phi) is 7.13. The van der Waals surface area contributed by atoms with Crippen LogP contribution in [0.1, 0.15) is 33.6 Å². The maximum absolute atomic E-state index is 12.8. The summed E-state index contributed by atoms with van der Waals surface area (Å²) >= 11 is 0. The van der Waals surface area contributed by atoms with E-state index in [1.54, 1.807) is 4.90 Å². The number of likely N-dealkylation sites (tertiary alicyclic amines) is 1. The quantitative estimate of drug-likeness (QED) is 0.691. The van der Waals surface area contributed by atoms with Gasteiger partial charge >= 0.3 is 6.09 Å². The highest BCUT2D eigenvalue weighted by Gasteiger charge is 2.33. The fourth-order valence-corrected chi connectivity index (χ4v) is 3.97. The van der Waals surface area contributed by atoms with E-state index in [4.69, 9.17) is 4.74 Å². The first-order valence-corrected chi connectivity index (χ1v) is 11.7. The first-order valence-electron chi connectivity index (χ1n) is 9.61. The molecular weight excluding hydrogens is 370 g/mol.